The van der Waals surface area contributed by atoms with E-state index in [1.165, 1.54) is 29.3 Å². The summed E-state index contributed by atoms with van der Waals surface area (Å²) in [6.07, 6.45) is -1.66. The number of benzene rings is 1. The molecule has 1 fully saturated rings. The largest absolute Gasteiger partial charge is 0.618 e. The standard InChI is InChI=1S/C18H17F3N2O2/c1-12(13-5-4-6-14(11-13)18(19,20)21)23(15-8-9-15)17(24)16-7-2-3-10-22(16)25/h2-7,10-12,15H,8-9H2,1H3/t12-/m0/s1. The smallest absolute Gasteiger partial charge is 0.416 e. The summed E-state index contributed by atoms with van der Waals surface area (Å²) < 4.78 is 39.3. The van der Waals surface area contributed by atoms with Gasteiger partial charge in [0, 0.05) is 18.2 Å². The molecular weight excluding hydrogens is 333 g/mol. The number of alkyl halides is 3. The van der Waals surface area contributed by atoms with Gasteiger partial charge in [0.25, 0.3) is 5.69 Å². The highest BCUT2D eigenvalue weighted by Crippen LogP contribution is 2.37. The molecule has 3 rings (SSSR count). The first kappa shape index (κ1) is 17.3. The quantitative estimate of drug-likeness (QED) is 0.623. The molecule has 0 spiro atoms. The fourth-order valence-electron chi connectivity index (χ4n) is 2.87. The fourth-order valence-corrected chi connectivity index (χ4v) is 2.87. The topological polar surface area (TPSA) is 47.2 Å². The third-order valence-corrected chi connectivity index (χ3v) is 4.33. The van der Waals surface area contributed by atoms with Crippen LogP contribution < -0.4 is 4.73 Å². The van der Waals surface area contributed by atoms with E-state index in [4.69, 9.17) is 0 Å². The predicted octanol–water partition coefficient (Wildman–Crippen LogP) is 3.70. The van der Waals surface area contributed by atoms with Crippen LogP contribution in [0.1, 0.15) is 47.4 Å². The second kappa shape index (κ2) is 6.38. The Morgan fingerprint density at radius 1 is 1.24 bits per heavy atom. The maximum Gasteiger partial charge on any atom is 0.416 e. The number of carbonyl (C=O) groups is 1. The molecule has 1 aromatic heterocycles. The lowest BCUT2D eigenvalue weighted by atomic mass is 10.0. The molecule has 7 heteroatoms. The predicted molar refractivity (Wildman–Crippen MR) is 84.5 cm³/mol. The summed E-state index contributed by atoms with van der Waals surface area (Å²) in [7, 11) is 0. The molecule has 25 heavy (non-hydrogen) atoms. The highest BCUT2D eigenvalue weighted by molar-refractivity contribution is 5.91. The molecule has 2 aromatic rings. The van der Waals surface area contributed by atoms with Gasteiger partial charge in [-0.15, -0.1) is 0 Å². The van der Waals surface area contributed by atoms with Crippen molar-refractivity contribution in [2.75, 3.05) is 0 Å². The van der Waals surface area contributed by atoms with Gasteiger partial charge in [0.05, 0.1) is 11.6 Å². The normalized spacial score (nSPS) is 15.7. The SMILES string of the molecule is C[C@@H](c1cccc(C(F)(F)F)c1)N(C(=O)c1cccc[n+]1[O-])C1CC1. The average Bonchev–Trinajstić information content (AvgIpc) is 3.39. The maximum atomic E-state index is 13.0. The van der Waals surface area contributed by atoms with E-state index >= 15 is 0 Å². The molecule has 1 atom stereocenters. The van der Waals surface area contributed by atoms with Crippen LogP contribution in [-0.2, 0) is 6.18 Å². The van der Waals surface area contributed by atoms with Gasteiger partial charge in [0.15, 0.2) is 6.20 Å². The molecule has 1 aromatic carbocycles. The minimum atomic E-state index is -4.44. The minimum absolute atomic E-state index is 0.0341. The van der Waals surface area contributed by atoms with Crippen molar-refractivity contribution in [3.05, 3.63) is 70.7 Å². The Kier molecular flexibility index (Phi) is 4.41. The molecule has 1 heterocycles. The molecular formula is C18H17F3N2O2. The molecule has 0 bridgehead atoms. The van der Waals surface area contributed by atoms with Gasteiger partial charge in [-0.1, -0.05) is 12.1 Å². The molecule has 0 radical (unpaired) electrons. The second-order valence-electron chi connectivity index (χ2n) is 6.15. The first-order valence-electron chi connectivity index (χ1n) is 7.97. The van der Waals surface area contributed by atoms with Gasteiger partial charge in [0.2, 0.25) is 0 Å². The van der Waals surface area contributed by atoms with E-state index in [-0.39, 0.29) is 11.7 Å². The van der Waals surface area contributed by atoms with Gasteiger partial charge in [-0.2, -0.15) is 17.9 Å². The lowest BCUT2D eigenvalue weighted by Gasteiger charge is -2.29. The summed E-state index contributed by atoms with van der Waals surface area (Å²) in [6, 6.07) is 8.86. The molecule has 0 saturated heterocycles. The third-order valence-electron chi connectivity index (χ3n) is 4.33. The summed E-state index contributed by atoms with van der Waals surface area (Å²) in [5.41, 5.74) is -0.393. The molecule has 0 N–H and O–H groups in total. The summed E-state index contributed by atoms with van der Waals surface area (Å²) in [4.78, 5) is 14.3. The zero-order valence-corrected chi connectivity index (χ0v) is 13.5. The number of hydrogen-bond donors (Lipinski definition) is 0. The number of hydrogen-bond acceptors (Lipinski definition) is 2. The average molecular weight is 350 g/mol. The Bertz CT molecular complexity index is 788. The van der Waals surface area contributed by atoms with Crippen molar-refractivity contribution >= 4 is 5.91 Å². The lowest BCUT2D eigenvalue weighted by Crippen LogP contribution is -2.43. The number of halogens is 3. The molecule has 0 unspecified atom stereocenters. The summed E-state index contributed by atoms with van der Waals surface area (Å²) in [5.74, 6) is -0.469. The van der Waals surface area contributed by atoms with Crippen LogP contribution in [0, 0.1) is 5.21 Å². The minimum Gasteiger partial charge on any atom is -0.618 e. The first-order valence-corrected chi connectivity index (χ1v) is 7.97. The van der Waals surface area contributed by atoms with Gasteiger partial charge in [0.1, 0.15) is 0 Å². The first-order chi connectivity index (χ1) is 11.8. The van der Waals surface area contributed by atoms with E-state index in [9.17, 15) is 23.2 Å². The van der Waals surface area contributed by atoms with Gasteiger partial charge < -0.3 is 10.1 Å². The van der Waals surface area contributed by atoms with Crippen LogP contribution in [0.5, 0.6) is 0 Å². The van der Waals surface area contributed by atoms with Crippen molar-refractivity contribution in [2.24, 2.45) is 0 Å². The van der Waals surface area contributed by atoms with E-state index in [2.05, 4.69) is 0 Å². The van der Waals surface area contributed by atoms with Gasteiger partial charge >= 0.3 is 12.1 Å². The number of rotatable bonds is 4. The Morgan fingerprint density at radius 3 is 2.56 bits per heavy atom. The molecule has 132 valence electrons. The number of amides is 1. The van der Waals surface area contributed by atoms with Gasteiger partial charge in [-0.05, 0) is 43.5 Å². The Hall–Kier alpha value is -2.57. The van der Waals surface area contributed by atoms with Crippen LogP contribution in [-0.4, -0.2) is 16.8 Å². The van der Waals surface area contributed by atoms with Crippen molar-refractivity contribution in [3.63, 3.8) is 0 Å². The Labute approximate surface area is 143 Å². The third kappa shape index (κ3) is 3.60. The monoisotopic (exact) mass is 350 g/mol. The van der Waals surface area contributed by atoms with Crippen molar-refractivity contribution in [2.45, 2.75) is 38.0 Å². The maximum absolute atomic E-state index is 13.0. The van der Waals surface area contributed by atoms with E-state index in [0.29, 0.717) is 10.3 Å². The molecule has 1 aliphatic carbocycles. The zero-order valence-electron chi connectivity index (χ0n) is 13.5. The van der Waals surface area contributed by atoms with Gasteiger partial charge in [-0.25, -0.2) is 0 Å². The number of nitrogens with zero attached hydrogens (tertiary/aromatic N) is 2. The van der Waals surface area contributed by atoms with Crippen LogP contribution in [0.3, 0.4) is 0 Å². The van der Waals surface area contributed by atoms with Crippen molar-refractivity contribution < 1.29 is 22.7 Å². The van der Waals surface area contributed by atoms with Crippen molar-refractivity contribution in [1.82, 2.24) is 4.90 Å². The van der Waals surface area contributed by atoms with Crippen molar-refractivity contribution in [1.29, 1.82) is 0 Å². The van der Waals surface area contributed by atoms with Crippen LogP contribution >= 0.6 is 0 Å². The molecule has 4 nitrogen and oxygen atoms in total. The second-order valence-corrected chi connectivity index (χ2v) is 6.15. The van der Waals surface area contributed by atoms with Gasteiger partial charge in [-0.3, -0.25) is 4.79 Å². The van der Waals surface area contributed by atoms with Crippen LogP contribution in [0.15, 0.2) is 48.7 Å². The molecule has 0 aliphatic heterocycles. The highest BCUT2D eigenvalue weighted by atomic mass is 19.4. The van der Waals surface area contributed by atoms with Crippen LogP contribution in [0.4, 0.5) is 13.2 Å². The zero-order chi connectivity index (χ0) is 18.2. The molecule has 1 aliphatic rings. The number of carbonyl (C=O) groups excluding carboxylic acids is 1. The van der Waals surface area contributed by atoms with E-state index in [0.717, 1.165) is 25.0 Å². The van der Waals surface area contributed by atoms with E-state index < -0.39 is 23.7 Å². The summed E-state index contributed by atoms with van der Waals surface area (Å²) in [5, 5.41) is 11.9. The summed E-state index contributed by atoms with van der Waals surface area (Å²) in [6.45, 7) is 1.68. The molecule has 1 amide bonds. The van der Waals surface area contributed by atoms with Crippen LogP contribution in [0.25, 0.3) is 0 Å². The van der Waals surface area contributed by atoms with E-state index in [1.54, 1.807) is 19.1 Å². The fraction of sp³-hybridized carbons (Fsp3) is 0.333. The lowest BCUT2D eigenvalue weighted by molar-refractivity contribution is -0.608. The number of aromatic nitrogens is 1. The molecule has 1 saturated carbocycles. The highest BCUT2D eigenvalue weighted by Gasteiger charge is 2.40. The van der Waals surface area contributed by atoms with E-state index in [1.807, 2.05) is 0 Å². The van der Waals surface area contributed by atoms with Crippen LogP contribution in [0.2, 0.25) is 0 Å². The summed E-state index contributed by atoms with van der Waals surface area (Å²) >= 11 is 0. The Morgan fingerprint density at radius 2 is 1.96 bits per heavy atom. The van der Waals surface area contributed by atoms with Crippen molar-refractivity contribution in [3.8, 4) is 0 Å². The number of pyridine rings is 1. The Balaban J connectivity index is 1.94.